The second-order valence-corrected chi connectivity index (χ2v) is 10.3. The van der Waals surface area contributed by atoms with Crippen LogP contribution in [0.25, 0.3) is 0 Å². The molecule has 0 unspecified atom stereocenters. The van der Waals surface area contributed by atoms with Gasteiger partial charge in [0.05, 0.1) is 20.0 Å². The maximum Gasteiger partial charge on any atom is 0.223 e. The Balaban J connectivity index is 1.54. The van der Waals surface area contributed by atoms with E-state index < -0.39 is 10.0 Å². The molecule has 174 valence electrons. The molecule has 2 aromatic carbocycles. The molecule has 0 saturated carbocycles. The number of nitrogens with one attached hydrogen (secondary N) is 1. The molecule has 1 N–H and O–H groups in total. The molecule has 1 fully saturated rings. The van der Waals surface area contributed by atoms with Crippen LogP contribution in [0.1, 0.15) is 24.0 Å². The molecule has 7 nitrogen and oxygen atoms in total. The molecule has 0 aromatic heterocycles. The van der Waals surface area contributed by atoms with Crippen molar-refractivity contribution in [1.29, 1.82) is 0 Å². The molecular weight excluding hydrogens is 475 g/mol. The molecule has 1 aliphatic rings. The van der Waals surface area contributed by atoms with Crippen LogP contribution in [0.2, 0.25) is 10.0 Å². The van der Waals surface area contributed by atoms with Gasteiger partial charge in [-0.05, 0) is 42.7 Å². The molecule has 1 amide bonds. The normalized spacial score (nSPS) is 15.4. The number of methoxy groups -OCH3 is 2. The van der Waals surface area contributed by atoms with E-state index in [9.17, 15) is 13.2 Å². The number of hydrogen-bond acceptors (Lipinski definition) is 5. The smallest absolute Gasteiger partial charge is 0.223 e. The van der Waals surface area contributed by atoms with E-state index in [0.29, 0.717) is 46.5 Å². The van der Waals surface area contributed by atoms with Crippen molar-refractivity contribution in [3.05, 3.63) is 57.6 Å². The van der Waals surface area contributed by atoms with Gasteiger partial charge >= 0.3 is 0 Å². The summed E-state index contributed by atoms with van der Waals surface area (Å²) >= 11 is 12.3. The number of ether oxygens (including phenoxy) is 2. The molecule has 2 aromatic rings. The Hall–Kier alpha value is -2.00. The zero-order valence-corrected chi connectivity index (χ0v) is 20.3. The molecule has 1 saturated heterocycles. The van der Waals surface area contributed by atoms with E-state index in [1.165, 1.54) is 4.31 Å². The van der Waals surface area contributed by atoms with Gasteiger partial charge in [-0.15, -0.1) is 0 Å². The van der Waals surface area contributed by atoms with E-state index in [2.05, 4.69) is 5.32 Å². The van der Waals surface area contributed by atoms with Crippen LogP contribution < -0.4 is 14.8 Å². The number of amides is 1. The van der Waals surface area contributed by atoms with Crippen LogP contribution in [0.15, 0.2) is 36.4 Å². The number of rotatable bonds is 8. The first kappa shape index (κ1) is 24.6. The third kappa shape index (κ3) is 5.86. The predicted octanol–water partition coefficient (Wildman–Crippen LogP) is 3.87. The molecule has 1 heterocycles. The van der Waals surface area contributed by atoms with Gasteiger partial charge in [0.2, 0.25) is 15.9 Å². The highest BCUT2D eigenvalue weighted by Gasteiger charge is 2.32. The zero-order valence-electron chi connectivity index (χ0n) is 17.9. The maximum atomic E-state index is 12.8. The molecule has 0 aliphatic carbocycles. The van der Waals surface area contributed by atoms with Crippen LogP contribution in [-0.2, 0) is 27.1 Å². The number of piperidine rings is 1. The summed E-state index contributed by atoms with van der Waals surface area (Å²) in [6.07, 6.45) is 0.903. The number of carbonyl (C=O) groups is 1. The van der Waals surface area contributed by atoms with Crippen molar-refractivity contribution >= 4 is 39.1 Å². The fourth-order valence-electron chi connectivity index (χ4n) is 3.66. The SMILES string of the molecule is COc1ccc(CNC(=O)C2CCN(S(=O)(=O)Cc3c(Cl)cccc3Cl)CC2)cc1OC. The van der Waals surface area contributed by atoms with E-state index in [0.717, 1.165) is 5.56 Å². The van der Waals surface area contributed by atoms with Crippen molar-refractivity contribution in [2.75, 3.05) is 27.3 Å². The number of sulfonamides is 1. The quantitative estimate of drug-likeness (QED) is 0.594. The van der Waals surface area contributed by atoms with Crippen molar-refractivity contribution in [1.82, 2.24) is 9.62 Å². The van der Waals surface area contributed by atoms with Crippen LogP contribution in [0, 0.1) is 5.92 Å². The summed E-state index contributed by atoms with van der Waals surface area (Å²) in [5.41, 5.74) is 1.28. The van der Waals surface area contributed by atoms with Crippen molar-refractivity contribution in [3.8, 4) is 11.5 Å². The van der Waals surface area contributed by atoms with Gasteiger partial charge in [-0.1, -0.05) is 35.3 Å². The minimum Gasteiger partial charge on any atom is -0.493 e. The van der Waals surface area contributed by atoms with Crippen LogP contribution in [0.3, 0.4) is 0 Å². The van der Waals surface area contributed by atoms with E-state index >= 15 is 0 Å². The molecule has 1 aliphatic heterocycles. The zero-order chi connectivity index (χ0) is 23.3. The number of hydrogen-bond donors (Lipinski definition) is 1. The Morgan fingerprint density at radius 1 is 1.06 bits per heavy atom. The summed E-state index contributed by atoms with van der Waals surface area (Å²) in [5, 5.41) is 3.58. The fourth-order valence-corrected chi connectivity index (χ4v) is 5.98. The predicted molar refractivity (Wildman–Crippen MR) is 125 cm³/mol. The third-order valence-corrected chi connectivity index (χ3v) is 8.03. The topological polar surface area (TPSA) is 84.9 Å². The van der Waals surface area contributed by atoms with E-state index in [1.54, 1.807) is 38.5 Å². The van der Waals surface area contributed by atoms with Gasteiger partial charge < -0.3 is 14.8 Å². The highest BCUT2D eigenvalue weighted by atomic mass is 35.5. The van der Waals surface area contributed by atoms with Gasteiger partial charge in [0.15, 0.2) is 11.5 Å². The highest BCUT2D eigenvalue weighted by Crippen LogP contribution is 2.29. The highest BCUT2D eigenvalue weighted by molar-refractivity contribution is 7.88. The standard InChI is InChI=1S/C22H26Cl2N2O5S/c1-30-20-7-6-15(12-21(20)31-2)13-25-22(27)16-8-10-26(11-9-16)32(28,29)14-17-18(23)4-3-5-19(17)24/h3-7,12,16H,8-11,13-14H2,1-2H3,(H,25,27). The molecule has 32 heavy (non-hydrogen) atoms. The van der Waals surface area contributed by atoms with Gasteiger partial charge in [0.25, 0.3) is 0 Å². The van der Waals surface area contributed by atoms with Gasteiger partial charge in [0, 0.05) is 41.2 Å². The summed E-state index contributed by atoms with van der Waals surface area (Å²) in [5.74, 6) is 0.615. The van der Waals surface area contributed by atoms with Gasteiger partial charge in [-0.3, -0.25) is 4.79 Å². The second kappa shape index (κ2) is 10.7. The lowest BCUT2D eigenvalue weighted by Crippen LogP contribution is -2.43. The Bertz CT molecular complexity index is 1050. The number of nitrogens with zero attached hydrogens (tertiary/aromatic N) is 1. The summed E-state index contributed by atoms with van der Waals surface area (Å²) in [7, 11) is -0.471. The van der Waals surface area contributed by atoms with Crippen LogP contribution in [0.5, 0.6) is 11.5 Å². The first-order valence-electron chi connectivity index (χ1n) is 10.1. The van der Waals surface area contributed by atoms with E-state index in [4.69, 9.17) is 32.7 Å². The molecular formula is C22H26Cl2N2O5S. The molecule has 3 rings (SSSR count). The minimum absolute atomic E-state index is 0.0917. The monoisotopic (exact) mass is 500 g/mol. The first-order chi connectivity index (χ1) is 15.2. The first-order valence-corrected chi connectivity index (χ1v) is 12.5. The lowest BCUT2D eigenvalue weighted by molar-refractivity contribution is -0.126. The molecule has 10 heteroatoms. The molecule has 0 atom stereocenters. The van der Waals surface area contributed by atoms with Crippen LogP contribution in [-0.4, -0.2) is 45.9 Å². The molecule has 0 radical (unpaired) electrons. The van der Waals surface area contributed by atoms with E-state index in [1.807, 2.05) is 12.1 Å². The average molecular weight is 501 g/mol. The van der Waals surface area contributed by atoms with Gasteiger partial charge in [-0.2, -0.15) is 0 Å². The number of benzene rings is 2. The van der Waals surface area contributed by atoms with Crippen LogP contribution >= 0.6 is 23.2 Å². The Morgan fingerprint density at radius 2 is 1.69 bits per heavy atom. The Kier molecular flexibility index (Phi) is 8.27. The lowest BCUT2D eigenvalue weighted by Gasteiger charge is -2.30. The maximum absolute atomic E-state index is 12.8. The largest absolute Gasteiger partial charge is 0.493 e. The Morgan fingerprint density at radius 3 is 2.28 bits per heavy atom. The lowest BCUT2D eigenvalue weighted by atomic mass is 9.97. The number of carbonyl (C=O) groups excluding carboxylic acids is 1. The minimum atomic E-state index is -3.59. The summed E-state index contributed by atoms with van der Waals surface area (Å²) < 4.78 is 37.6. The van der Waals surface area contributed by atoms with Crippen LogP contribution in [0.4, 0.5) is 0 Å². The summed E-state index contributed by atoms with van der Waals surface area (Å²) in [6.45, 7) is 0.903. The fraction of sp³-hybridized carbons (Fsp3) is 0.409. The van der Waals surface area contributed by atoms with Crippen molar-refractivity contribution in [2.24, 2.45) is 5.92 Å². The number of halogens is 2. The Labute approximate surface area is 198 Å². The third-order valence-electron chi connectivity index (χ3n) is 5.52. The molecule has 0 spiro atoms. The second-order valence-electron chi connectivity index (χ2n) is 7.54. The molecule has 0 bridgehead atoms. The van der Waals surface area contributed by atoms with Crippen molar-refractivity contribution in [2.45, 2.75) is 25.1 Å². The van der Waals surface area contributed by atoms with E-state index in [-0.39, 0.29) is 30.7 Å². The van der Waals surface area contributed by atoms with Crippen molar-refractivity contribution in [3.63, 3.8) is 0 Å². The van der Waals surface area contributed by atoms with Crippen molar-refractivity contribution < 1.29 is 22.7 Å². The summed E-state index contributed by atoms with van der Waals surface area (Å²) in [6, 6.07) is 10.4. The van der Waals surface area contributed by atoms with Gasteiger partial charge in [-0.25, -0.2) is 12.7 Å². The average Bonchev–Trinajstić information content (AvgIpc) is 2.79. The summed E-state index contributed by atoms with van der Waals surface area (Å²) in [4.78, 5) is 12.6. The van der Waals surface area contributed by atoms with Gasteiger partial charge in [0.1, 0.15) is 0 Å².